The molecule has 0 spiro atoms. The Morgan fingerprint density at radius 1 is 1.13 bits per heavy atom. The first-order valence-corrected chi connectivity index (χ1v) is 7.55. The van der Waals surface area contributed by atoms with Gasteiger partial charge in [-0.25, -0.2) is 4.98 Å². The Labute approximate surface area is 137 Å². The second kappa shape index (κ2) is 7.13. The van der Waals surface area contributed by atoms with Gasteiger partial charge in [0.2, 0.25) is 0 Å². The molecule has 0 atom stereocenters. The molecule has 2 aromatic rings. The van der Waals surface area contributed by atoms with Crippen molar-refractivity contribution in [2.75, 3.05) is 17.2 Å². The van der Waals surface area contributed by atoms with Crippen LogP contribution in [0.3, 0.4) is 0 Å². The van der Waals surface area contributed by atoms with Crippen LogP contribution < -0.4 is 15.4 Å². The molecular formula is C18H23N3O2. The molecule has 0 saturated heterocycles. The quantitative estimate of drug-likeness (QED) is 0.885. The Morgan fingerprint density at radius 3 is 2.39 bits per heavy atom. The number of anilines is 2. The molecule has 0 aliphatic heterocycles. The van der Waals surface area contributed by atoms with Gasteiger partial charge in [0.15, 0.2) is 6.61 Å². The van der Waals surface area contributed by atoms with E-state index < -0.39 is 0 Å². The highest BCUT2D eigenvalue weighted by atomic mass is 16.5. The molecule has 0 bridgehead atoms. The molecule has 122 valence electrons. The molecule has 1 aromatic heterocycles. The molecule has 1 aromatic carbocycles. The zero-order chi connectivity index (χ0) is 16.9. The predicted octanol–water partition coefficient (Wildman–Crippen LogP) is 3.62. The van der Waals surface area contributed by atoms with Crippen molar-refractivity contribution in [2.45, 2.75) is 33.2 Å². The van der Waals surface area contributed by atoms with Crippen molar-refractivity contribution >= 4 is 17.4 Å². The van der Waals surface area contributed by atoms with E-state index in [0.717, 1.165) is 11.4 Å². The summed E-state index contributed by atoms with van der Waals surface area (Å²) in [5.41, 5.74) is 1.73. The summed E-state index contributed by atoms with van der Waals surface area (Å²) in [4.78, 5) is 16.2. The van der Waals surface area contributed by atoms with E-state index in [1.807, 2.05) is 43.3 Å². The Morgan fingerprint density at radius 2 is 1.83 bits per heavy atom. The first kappa shape index (κ1) is 16.8. The average Bonchev–Trinajstić information content (AvgIpc) is 2.47. The first-order chi connectivity index (χ1) is 10.8. The van der Waals surface area contributed by atoms with E-state index in [0.29, 0.717) is 11.4 Å². The van der Waals surface area contributed by atoms with Crippen molar-refractivity contribution in [3.8, 4) is 5.75 Å². The second-order valence-corrected chi connectivity index (χ2v) is 6.46. The van der Waals surface area contributed by atoms with Crippen LogP contribution in [0.1, 0.15) is 26.3 Å². The number of nitrogens with one attached hydrogen (secondary N) is 2. The monoisotopic (exact) mass is 313 g/mol. The van der Waals surface area contributed by atoms with E-state index in [-0.39, 0.29) is 18.1 Å². The van der Waals surface area contributed by atoms with Gasteiger partial charge in [-0.05, 0) is 52.0 Å². The van der Waals surface area contributed by atoms with Crippen LogP contribution in [0.25, 0.3) is 0 Å². The smallest absolute Gasteiger partial charge is 0.262 e. The summed E-state index contributed by atoms with van der Waals surface area (Å²) in [6, 6.07) is 11.2. The van der Waals surface area contributed by atoms with Crippen molar-refractivity contribution in [3.05, 3.63) is 48.2 Å². The number of carbonyl (C=O) groups is 1. The lowest BCUT2D eigenvalue weighted by Crippen LogP contribution is -2.26. The van der Waals surface area contributed by atoms with Crippen LogP contribution >= 0.6 is 0 Å². The highest BCUT2D eigenvalue weighted by Gasteiger charge is 2.10. The van der Waals surface area contributed by atoms with Gasteiger partial charge in [0, 0.05) is 5.54 Å². The van der Waals surface area contributed by atoms with E-state index >= 15 is 0 Å². The number of amides is 1. The molecule has 5 nitrogen and oxygen atoms in total. The topological polar surface area (TPSA) is 63.2 Å². The van der Waals surface area contributed by atoms with Crippen molar-refractivity contribution in [2.24, 2.45) is 0 Å². The lowest BCUT2D eigenvalue weighted by atomic mass is 10.1. The van der Waals surface area contributed by atoms with Gasteiger partial charge in [0.1, 0.15) is 11.6 Å². The third-order valence-electron chi connectivity index (χ3n) is 2.94. The minimum atomic E-state index is -0.219. The maximum absolute atomic E-state index is 11.9. The summed E-state index contributed by atoms with van der Waals surface area (Å²) in [5, 5.41) is 6.02. The minimum absolute atomic E-state index is 0.0367. The highest BCUT2D eigenvalue weighted by Crippen LogP contribution is 2.15. The molecule has 0 saturated carbocycles. The van der Waals surface area contributed by atoms with Crippen LogP contribution in [0.2, 0.25) is 0 Å². The van der Waals surface area contributed by atoms with Gasteiger partial charge in [-0.2, -0.15) is 0 Å². The number of carbonyl (C=O) groups excluding carboxylic acids is 1. The molecule has 23 heavy (non-hydrogen) atoms. The third-order valence-corrected chi connectivity index (χ3v) is 2.94. The van der Waals surface area contributed by atoms with E-state index in [9.17, 15) is 4.79 Å². The normalized spacial score (nSPS) is 11.0. The Bertz CT molecular complexity index is 643. The van der Waals surface area contributed by atoms with E-state index in [2.05, 4.69) is 36.4 Å². The molecule has 5 heteroatoms. The zero-order valence-electron chi connectivity index (χ0n) is 14.0. The average molecular weight is 313 g/mol. The van der Waals surface area contributed by atoms with Crippen molar-refractivity contribution in [1.82, 2.24) is 4.98 Å². The molecule has 2 rings (SSSR count). The molecule has 0 radical (unpaired) electrons. The van der Waals surface area contributed by atoms with E-state index in [1.54, 1.807) is 6.20 Å². The van der Waals surface area contributed by atoms with Gasteiger partial charge in [0.05, 0.1) is 11.9 Å². The summed E-state index contributed by atoms with van der Waals surface area (Å²) < 4.78 is 5.44. The molecule has 0 unspecified atom stereocenters. The van der Waals surface area contributed by atoms with Crippen LogP contribution in [-0.2, 0) is 4.79 Å². The Hall–Kier alpha value is -2.56. The maximum Gasteiger partial charge on any atom is 0.262 e. The number of hydrogen-bond acceptors (Lipinski definition) is 4. The number of nitrogens with zero attached hydrogens (tertiary/aromatic N) is 1. The lowest BCUT2D eigenvalue weighted by molar-refractivity contribution is -0.118. The Kier molecular flexibility index (Phi) is 5.21. The van der Waals surface area contributed by atoms with Crippen molar-refractivity contribution in [1.29, 1.82) is 0 Å². The van der Waals surface area contributed by atoms with Crippen LogP contribution in [0, 0.1) is 6.92 Å². The largest absolute Gasteiger partial charge is 0.484 e. The number of ether oxygens (including phenoxy) is 1. The molecule has 2 N–H and O–H groups in total. The standard InChI is InChI=1S/C18H23N3O2/c1-13-5-8-15(9-6-13)23-12-17(22)20-14-7-10-16(19-11-14)21-18(2,3)4/h5-11H,12H2,1-4H3,(H,19,21)(H,20,22). The predicted molar refractivity (Wildman–Crippen MR) is 92.9 cm³/mol. The summed E-state index contributed by atoms with van der Waals surface area (Å²) in [6.45, 7) is 8.15. The summed E-state index contributed by atoms with van der Waals surface area (Å²) >= 11 is 0. The van der Waals surface area contributed by atoms with Crippen LogP contribution in [0.4, 0.5) is 11.5 Å². The van der Waals surface area contributed by atoms with E-state index in [1.165, 1.54) is 0 Å². The van der Waals surface area contributed by atoms with Crippen molar-refractivity contribution in [3.63, 3.8) is 0 Å². The fourth-order valence-corrected chi connectivity index (χ4v) is 1.91. The van der Waals surface area contributed by atoms with Gasteiger partial charge >= 0.3 is 0 Å². The van der Waals surface area contributed by atoms with Crippen LogP contribution in [0.15, 0.2) is 42.6 Å². The minimum Gasteiger partial charge on any atom is -0.484 e. The number of benzene rings is 1. The fourth-order valence-electron chi connectivity index (χ4n) is 1.91. The van der Waals surface area contributed by atoms with Gasteiger partial charge in [-0.1, -0.05) is 17.7 Å². The molecule has 1 amide bonds. The number of rotatable bonds is 5. The van der Waals surface area contributed by atoms with Crippen molar-refractivity contribution < 1.29 is 9.53 Å². The van der Waals surface area contributed by atoms with E-state index in [4.69, 9.17) is 4.74 Å². The van der Waals surface area contributed by atoms with Crippen LogP contribution in [-0.4, -0.2) is 23.0 Å². The van der Waals surface area contributed by atoms with Crippen LogP contribution in [0.5, 0.6) is 5.75 Å². The number of pyridine rings is 1. The number of aryl methyl sites for hydroxylation is 1. The molecule has 0 aliphatic carbocycles. The molecular weight excluding hydrogens is 290 g/mol. The third kappa shape index (κ3) is 5.98. The SMILES string of the molecule is Cc1ccc(OCC(=O)Nc2ccc(NC(C)(C)C)nc2)cc1. The first-order valence-electron chi connectivity index (χ1n) is 7.55. The summed E-state index contributed by atoms with van der Waals surface area (Å²) in [7, 11) is 0. The number of aromatic nitrogens is 1. The molecule has 0 aliphatic rings. The molecule has 1 heterocycles. The Balaban J connectivity index is 1.84. The fraction of sp³-hybridized carbons (Fsp3) is 0.333. The van der Waals surface area contributed by atoms with Gasteiger partial charge in [0.25, 0.3) is 5.91 Å². The zero-order valence-corrected chi connectivity index (χ0v) is 14.0. The lowest BCUT2D eigenvalue weighted by Gasteiger charge is -2.21. The summed E-state index contributed by atoms with van der Waals surface area (Å²) in [6.07, 6.45) is 1.62. The summed E-state index contributed by atoms with van der Waals surface area (Å²) in [5.74, 6) is 1.23. The van der Waals surface area contributed by atoms with Gasteiger partial charge in [-0.15, -0.1) is 0 Å². The van der Waals surface area contributed by atoms with Gasteiger partial charge < -0.3 is 15.4 Å². The maximum atomic E-state index is 11.9. The van der Waals surface area contributed by atoms with Gasteiger partial charge in [-0.3, -0.25) is 4.79 Å². The highest BCUT2D eigenvalue weighted by molar-refractivity contribution is 5.91. The second-order valence-electron chi connectivity index (χ2n) is 6.46. The molecule has 0 fully saturated rings. The number of hydrogen-bond donors (Lipinski definition) is 2.